The first-order valence-corrected chi connectivity index (χ1v) is 7.55. The van der Waals surface area contributed by atoms with E-state index >= 15 is 0 Å². The first kappa shape index (κ1) is 15.6. The molecule has 5 heteroatoms. The van der Waals surface area contributed by atoms with Crippen LogP contribution in [0.4, 0.5) is 0 Å². The highest BCUT2D eigenvalue weighted by molar-refractivity contribution is 5.95. The highest BCUT2D eigenvalue weighted by atomic mass is 16.5. The molecule has 5 nitrogen and oxygen atoms in total. The molecule has 1 saturated heterocycles. The van der Waals surface area contributed by atoms with Crippen LogP contribution in [-0.2, 0) is 0 Å². The Morgan fingerprint density at radius 2 is 2.14 bits per heavy atom. The summed E-state index contributed by atoms with van der Waals surface area (Å²) in [5.74, 6) is 0.360. The maximum Gasteiger partial charge on any atom is 0.253 e. The van der Waals surface area contributed by atoms with Crippen molar-refractivity contribution in [2.75, 3.05) is 26.7 Å². The largest absolute Gasteiger partial charge is 0.504 e. The third-order valence-corrected chi connectivity index (χ3v) is 3.89. The van der Waals surface area contributed by atoms with Gasteiger partial charge in [0.05, 0.1) is 7.11 Å². The molecule has 1 fully saturated rings. The zero-order valence-electron chi connectivity index (χ0n) is 12.8. The molecule has 1 aliphatic heterocycles. The summed E-state index contributed by atoms with van der Waals surface area (Å²) in [6.45, 7) is 4.70. The molecule has 116 valence electrons. The second-order valence-electron chi connectivity index (χ2n) is 5.41. The van der Waals surface area contributed by atoms with Crippen molar-refractivity contribution in [2.24, 2.45) is 0 Å². The minimum Gasteiger partial charge on any atom is -0.504 e. The number of carbonyl (C=O) groups is 1. The monoisotopic (exact) mass is 292 g/mol. The van der Waals surface area contributed by atoms with Gasteiger partial charge < -0.3 is 20.1 Å². The summed E-state index contributed by atoms with van der Waals surface area (Å²) in [5.41, 5.74) is 0.508. The van der Waals surface area contributed by atoms with E-state index in [1.807, 2.05) is 4.90 Å². The second kappa shape index (κ2) is 7.31. The number of phenolic OH excluding ortho intramolecular Hbond substituents is 1. The SMILES string of the molecule is CCCNC1CCN(C(=O)c2ccc(OC)c(O)c2)CC1. The maximum absolute atomic E-state index is 12.4. The Kier molecular flexibility index (Phi) is 5.44. The second-order valence-corrected chi connectivity index (χ2v) is 5.41. The number of hydrogen-bond donors (Lipinski definition) is 2. The maximum atomic E-state index is 12.4. The molecule has 0 saturated carbocycles. The summed E-state index contributed by atoms with van der Waals surface area (Å²) < 4.78 is 4.99. The Hall–Kier alpha value is -1.75. The molecule has 1 amide bonds. The van der Waals surface area contributed by atoms with Crippen LogP contribution in [0.2, 0.25) is 0 Å². The van der Waals surface area contributed by atoms with Crippen LogP contribution < -0.4 is 10.1 Å². The van der Waals surface area contributed by atoms with Crippen molar-refractivity contribution >= 4 is 5.91 Å². The van der Waals surface area contributed by atoms with Gasteiger partial charge in [0.2, 0.25) is 0 Å². The number of carbonyl (C=O) groups excluding carboxylic acids is 1. The number of hydrogen-bond acceptors (Lipinski definition) is 4. The average molecular weight is 292 g/mol. The zero-order chi connectivity index (χ0) is 15.2. The topological polar surface area (TPSA) is 61.8 Å². The lowest BCUT2D eigenvalue weighted by atomic mass is 10.0. The minimum atomic E-state index is -0.0260. The normalized spacial score (nSPS) is 16.0. The summed E-state index contributed by atoms with van der Waals surface area (Å²) >= 11 is 0. The smallest absolute Gasteiger partial charge is 0.253 e. The predicted octanol–water partition coefficient (Wildman–Crippen LogP) is 2.00. The van der Waals surface area contributed by atoms with E-state index in [0.29, 0.717) is 17.4 Å². The highest BCUT2D eigenvalue weighted by Crippen LogP contribution is 2.27. The van der Waals surface area contributed by atoms with Crippen LogP contribution in [0.5, 0.6) is 11.5 Å². The number of methoxy groups -OCH3 is 1. The Labute approximate surface area is 125 Å². The van der Waals surface area contributed by atoms with Crippen LogP contribution in [0.1, 0.15) is 36.5 Å². The lowest BCUT2D eigenvalue weighted by Gasteiger charge is -2.32. The third-order valence-electron chi connectivity index (χ3n) is 3.89. The van der Waals surface area contributed by atoms with Crippen LogP contribution >= 0.6 is 0 Å². The van der Waals surface area contributed by atoms with E-state index in [-0.39, 0.29) is 11.7 Å². The summed E-state index contributed by atoms with van der Waals surface area (Å²) in [6, 6.07) is 5.31. The zero-order valence-corrected chi connectivity index (χ0v) is 12.8. The number of nitrogens with one attached hydrogen (secondary N) is 1. The first-order valence-electron chi connectivity index (χ1n) is 7.55. The molecule has 0 bridgehead atoms. The highest BCUT2D eigenvalue weighted by Gasteiger charge is 2.23. The fourth-order valence-electron chi connectivity index (χ4n) is 2.64. The average Bonchev–Trinajstić information content (AvgIpc) is 2.52. The van der Waals surface area contributed by atoms with Gasteiger partial charge in [-0.15, -0.1) is 0 Å². The number of aromatic hydroxyl groups is 1. The quantitative estimate of drug-likeness (QED) is 0.871. The Morgan fingerprint density at radius 1 is 1.43 bits per heavy atom. The van der Waals surface area contributed by atoms with E-state index in [0.717, 1.165) is 38.9 Å². The fourth-order valence-corrected chi connectivity index (χ4v) is 2.64. The van der Waals surface area contributed by atoms with Gasteiger partial charge in [0.25, 0.3) is 5.91 Å². The van der Waals surface area contributed by atoms with Crippen molar-refractivity contribution < 1.29 is 14.6 Å². The molecule has 2 N–H and O–H groups in total. The van der Waals surface area contributed by atoms with E-state index in [1.165, 1.54) is 13.2 Å². The van der Waals surface area contributed by atoms with Crippen molar-refractivity contribution in [1.29, 1.82) is 0 Å². The number of benzene rings is 1. The number of rotatable bonds is 5. The number of amides is 1. The molecule has 0 unspecified atom stereocenters. The fraction of sp³-hybridized carbons (Fsp3) is 0.562. The van der Waals surface area contributed by atoms with Gasteiger partial charge in [-0.1, -0.05) is 6.92 Å². The van der Waals surface area contributed by atoms with Crippen molar-refractivity contribution in [1.82, 2.24) is 10.2 Å². The molecule has 0 radical (unpaired) electrons. The number of phenols is 1. The molecule has 21 heavy (non-hydrogen) atoms. The van der Waals surface area contributed by atoms with E-state index in [2.05, 4.69) is 12.2 Å². The van der Waals surface area contributed by atoms with Crippen molar-refractivity contribution in [3.05, 3.63) is 23.8 Å². The molecule has 1 aliphatic rings. The van der Waals surface area contributed by atoms with E-state index in [9.17, 15) is 9.90 Å². The summed E-state index contributed by atoms with van der Waals surface area (Å²) in [4.78, 5) is 14.3. The van der Waals surface area contributed by atoms with E-state index in [1.54, 1.807) is 12.1 Å². The predicted molar refractivity (Wildman–Crippen MR) is 81.9 cm³/mol. The Morgan fingerprint density at radius 3 is 2.71 bits per heavy atom. The summed E-state index contributed by atoms with van der Waals surface area (Å²) in [6.07, 6.45) is 3.09. The number of piperidine rings is 1. The van der Waals surface area contributed by atoms with Crippen molar-refractivity contribution in [2.45, 2.75) is 32.2 Å². The Balaban J connectivity index is 1.94. The van der Waals surface area contributed by atoms with Gasteiger partial charge in [-0.05, 0) is 44.0 Å². The number of ether oxygens (including phenoxy) is 1. The third kappa shape index (κ3) is 3.88. The standard InChI is InChI=1S/C16H24N2O3/c1-3-8-17-13-6-9-18(10-7-13)16(20)12-4-5-15(21-2)14(19)11-12/h4-5,11,13,17,19H,3,6-10H2,1-2H3. The molecule has 1 heterocycles. The van der Waals surface area contributed by atoms with Gasteiger partial charge >= 0.3 is 0 Å². The summed E-state index contributed by atoms with van der Waals surface area (Å²) in [7, 11) is 1.49. The van der Waals surface area contributed by atoms with E-state index in [4.69, 9.17) is 4.74 Å². The molecule has 1 aromatic rings. The lowest BCUT2D eigenvalue weighted by molar-refractivity contribution is 0.0705. The van der Waals surface area contributed by atoms with Gasteiger partial charge in [0, 0.05) is 24.7 Å². The van der Waals surface area contributed by atoms with Crippen molar-refractivity contribution in [3.8, 4) is 11.5 Å². The van der Waals surface area contributed by atoms with Crippen LogP contribution in [0.3, 0.4) is 0 Å². The van der Waals surface area contributed by atoms with Gasteiger partial charge in [0.15, 0.2) is 11.5 Å². The van der Waals surface area contributed by atoms with Crippen molar-refractivity contribution in [3.63, 3.8) is 0 Å². The van der Waals surface area contributed by atoms with Gasteiger partial charge in [0.1, 0.15) is 0 Å². The molecular formula is C16H24N2O3. The number of nitrogens with zero attached hydrogens (tertiary/aromatic N) is 1. The minimum absolute atomic E-state index is 0.00264. The number of likely N-dealkylation sites (tertiary alicyclic amines) is 1. The Bertz CT molecular complexity index is 482. The molecule has 0 aliphatic carbocycles. The van der Waals surface area contributed by atoms with Crippen LogP contribution in [0, 0.1) is 0 Å². The van der Waals surface area contributed by atoms with Crippen LogP contribution in [-0.4, -0.2) is 48.7 Å². The molecule has 0 atom stereocenters. The molecule has 1 aromatic carbocycles. The van der Waals surface area contributed by atoms with Gasteiger partial charge in [-0.25, -0.2) is 0 Å². The van der Waals surface area contributed by atoms with E-state index < -0.39 is 0 Å². The lowest BCUT2D eigenvalue weighted by Crippen LogP contribution is -2.45. The first-order chi connectivity index (χ1) is 10.2. The van der Waals surface area contributed by atoms with Gasteiger partial charge in [-0.3, -0.25) is 4.79 Å². The van der Waals surface area contributed by atoms with Crippen LogP contribution in [0.25, 0.3) is 0 Å². The summed E-state index contributed by atoms with van der Waals surface area (Å²) in [5, 5.41) is 13.3. The molecule has 0 aromatic heterocycles. The molecule has 0 spiro atoms. The van der Waals surface area contributed by atoms with Crippen LogP contribution in [0.15, 0.2) is 18.2 Å². The van der Waals surface area contributed by atoms with Gasteiger partial charge in [-0.2, -0.15) is 0 Å². The molecule has 2 rings (SSSR count). The molecular weight excluding hydrogens is 268 g/mol.